The van der Waals surface area contributed by atoms with Gasteiger partial charge in [0.15, 0.2) is 0 Å². The van der Waals surface area contributed by atoms with Crippen LogP contribution in [-0.4, -0.2) is 40.1 Å². The maximum absolute atomic E-state index is 12.1. The first-order chi connectivity index (χ1) is 10.6. The summed E-state index contributed by atoms with van der Waals surface area (Å²) in [5.74, 6) is 0.767. The van der Waals surface area contributed by atoms with Gasteiger partial charge in [0.05, 0.1) is 5.69 Å². The highest BCUT2D eigenvalue weighted by atomic mass is 16.5. The Morgan fingerprint density at radius 1 is 1.45 bits per heavy atom. The molecule has 0 spiro atoms. The van der Waals surface area contributed by atoms with Crippen LogP contribution in [0.1, 0.15) is 33.9 Å². The highest BCUT2D eigenvalue weighted by Crippen LogP contribution is 2.18. The van der Waals surface area contributed by atoms with Crippen LogP contribution in [0.2, 0.25) is 0 Å². The fraction of sp³-hybridized carbons (Fsp3) is 0.438. The van der Waals surface area contributed by atoms with Crippen LogP contribution >= 0.6 is 0 Å². The van der Waals surface area contributed by atoms with E-state index in [0.29, 0.717) is 5.69 Å². The maximum atomic E-state index is 12.1. The van der Waals surface area contributed by atoms with Gasteiger partial charge in [-0.1, -0.05) is 11.2 Å². The summed E-state index contributed by atoms with van der Waals surface area (Å²) in [5, 5.41) is 7.04. The van der Waals surface area contributed by atoms with E-state index in [1.807, 2.05) is 19.9 Å². The minimum atomic E-state index is -0.107. The van der Waals surface area contributed by atoms with Gasteiger partial charge in [-0.25, -0.2) is 0 Å². The summed E-state index contributed by atoms with van der Waals surface area (Å²) in [6.45, 7) is 6.50. The second kappa shape index (κ2) is 6.27. The van der Waals surface area contributed by atoms with Crippen molar-refractivity contribution in [2.45, 2.75) is 32.9 Å². The number of pyridine rings is 1. The number of hydrogen-bond donors (Lipinski definition) is 1. The number of nitrogens with zero attached hydrogens (tertiary/aromatic N) is 3. The molecule has 1 N–H and O–H groups in total. The molecule has 1 aliphatic rings. The summed E-state index contributed by atoms with van der Waals surface area (Å²) in [7, 11) is 0. The van der Waals surface area contributed by atoms with Gasteiger partial charge < -0.3 is 9.84 Å². The molecule has 6 nitrogen and oxygen atoms in total. The lowest BCUT2D eigenvalue weighted by atomic mass is 10.2. The zero-order valence-corrected chi connectivity index (χ0v) is 12.9. The summed E-state index contributed by atoms with van der Waals surface area (Å²) in [4.78, 5) is 18.5. The number of carbonyl (C=O) groups is 1. The number of aryl methyl sites for hydroxylation is 2. The quantitative estimate of drug-likeness (QED) is 0.930. The lowest BCUT2D eigenvalue weighted by molar-refractivity contribution is 0.0932. The molecule has 1 atom stereocenters. The lowest BCUT2D eigenvalue weighted by Crippen LogP contribution is -2.37. The van der Waals surface area contributed by atoms with Crippen LogP contribution in [-0.2, 0) is 6.54 Å². The van der Waals surface area contributed by atoms with Crippen LogP contribution in [0, 0.1) is 13.8 Å². The predicted octanol–water partition coefficient (Wildman–Crippen LogP) is 1.69. The van der Waals surface area contributed by atoms with E-state index in [4.69, 9.17) is 4.52 Å². The Morgan fingerprint density at radius 3 is 3.00 bits per heavy atom. The van der Waals surface area contributed by atoms with Crippen molar-refractivity contribution < 1.29 is 9.32 Å². The standard InChI is InChI=1S/C16H20N4O2/c1-11-14(12(2)22-19-11)10-20-8-6-13(9-20)18-16(21)15-5-3-4-7-17-15/h3-5,7,13H,6,8-10H2,1-2H3,(H,18,21). The Hall–Kier alpha value is -2.21. The van der Waals surface area contributed by atoms with Crippen molar-refractivity contribution in [3.8, 4) is 0 Å². The van der Waals surface area contributed by atoms with E-state index in [9.17, 15) is 4.79 Å². The summed E-state index contributed by atoms with van der Waals surface area (Å²) >= 11 is 0. The third-order valence-electron chi connectivity index (χ3n) is 4.07. The number of carbonyl (C=O) groups excluding carboxylic acids is 1. The predicted molar refractivity (Wildman–Crippen MR) is 81.4 cm³/mol. The first-order valence-corrected chi connectivity index (χ1v) is 7.49. The van der Waals surface area contributed by atoms with Gasteiger partial charge >= 0.3 is 0 Å². The molecule has 1 unspecified atom stereocenters. The molecule has 2 aromatic heterocycles. The molecular formula is C16H20N4O2. The third kappa shape index (κ3) is 3.17. The van der Waals surface area contributed by atoms with E-state index in [1.54, 1.807) is 18.3 Å². The van der Waals surface area contributed by atoms with E-state index < -0.39 is 0 Å². The van der Waals surface area contributed by atoms with Crippen LogP contribution in [0.25, 0.3) is 0 Å². The van der Waals surface area contributed by atoms with Crippen molar-refractivity contribution in [3.63, 3.8) is 0 Å². The zero-order valence-electron chi connectivity index (χ0n) is 12.9. The summed E-state index contributed by atoms with van der Waals surface area (Å²) in [5.41, 5.74) is 2.56. The molecule has 1 amide bonds. The molecule has 0 radical (unpaired) electrons. The zero-order chi connectivity index (χ0) is 15.5. The number of hydrogen-bond acceptors (Lipinski definition) is 5. The molecular weight excluding hydrogens is 280 g/mol. The molecule has 3 heterocycles. The SMILES string of the molecule is Cc1noc(C)c1CN1CCC(NC(=O)c2ccccn2)C1. The van der Waals surface area contributed by atoms with Crippen LogP contribution in [0.5, 0.6) is 0 Å². The van der Waals surface area contributed by atoms with Crippen LogP contribution in [0.15, 0.2) is 28.9 Å². The molecule has 1 aliphatic heterocycles. The normalized spacial score (nSPS) is 18.5. The average Bonchev–Trinajstić information content (AvgIpc) is 3.10. The van der Waals surface area contributed by atoms with E-state index >= 15 is 0 Å². The van der Waals surface area contributed by atoms with Crippen molar-refractivity contribution in [2.24, 2.45) is 0 Å². The van der Waals surface area contributed by atoms with Gasteiger partial charge in [0.1, 0.15) is 11.5 Å². The van der Waals surface area contributed by atoms with Gasteiger partial charge in [-0.3, -0.25) is 14.7 Å². The van der Waals surface area contributed by atoms with Crippen molar-refractivity contribution in [1.29, 1.82) is 0 Å². The molecule has 3 rings (SSSR count). The van der Waals surface area contributed by atoms with Crippen LogP contribution in [0.3, 0.4) is 0 Å². The van der Waals surface area contributed by atoms with Gasteiger partial charge in [0, 0.05) is 37.4 Å². The number of aromatic nitrogens is 2. The highest BCUT2D eigenvalue weighted by Gasteiger charge is 2.26. The van der Waals surface area contributed by atoms with Crippen molar-refractivity contribution in [1.82, 2.24) is 20.4 Å². The first kappa shape index (κ1) is 14.7. The van der Waals surface area contributed by atoms with Crippen molar-refractivity contribution in [3.05, 3.63) is 47.1 Å². The number of nitrogens with one attached hydrogen (secondary N) is 1. The van der Waals surface area contributed by atoms with Crippen molar-refractivity contribution in [2.75, 3.05) is 13.1 Å². The van der Waals surface area contributed by atoms with Gasteiger partial charge in [-0.05, 0) is 32.4 Å². The second-order valence-electron chi connectivity index (χ2n) is 5.71. The average molecular weight is 300 g/mol. The van der Waals surface area contributed by atoms with E-state index in [2.05, 4.69) is 20.4 Å². The van der Waals surface area contributed by atoms with Gasteiger partial charge in [-0.15, -0.1) is 0 Å². The molecule has 0 aliphatic carbocycles. The van der Waals surface area contributed by atoms with E-state index in [0.717, 1.165) is 43.1 Å². The molecule has 1 saturated heterocycles. The van der Waals surface area contributed by atoms with Gasteiger partial charge in [0.25, 0.3) is 5.91 Å². The molecule has 0 saturated carbocycles. The molecule has 22 heavy (non-hydrogen) atoms. The summed E-state index contributed by atoms with van der Waals surface area (Å²) in [6.07, 6.45) is 2.58. The Balaban J connectivity index is 1.55. The second-order valence-corrected chi connectivity index (χ2v) is 5.71. The van der Waals surface area contributed by atoms with Crippen molar-refractivity contribution >= 4 is 5.91 Å². The Labute approximate surface area is 129 Å². The minimum absolute atomic E-state index is 0.107. The first-order valence-electron chi connectivity index (χ1n) is 7.49. The number of rotatable bonds is 4. The topological polar surface area (TPSA) is 71.3 Å². The number of amides is 1. The van der Waals surface area contributed by atoms with Crippen LogP contribution in [0.4, 0.5) is 0 Å². The number of likely N-dealkylation sites (tertiary alicyclic amines) is 1. The smallest absolute Gasteiger partial charge is 0.270 e. The Bertz CT molecular complexity index is 634. The summed E-state index contributed by atoms with van der Waals surface area (Å²) < 4.78 is 5.20. The van der Waals surface area contributed by atoms with E-state index in [1.165, 1.54) is 0 Å². The fourth-order valence-electron chi connectivity index (χ4n) is 2.80. The van der Waals surface area contributed by atoms with Gasteiger partial charge in [-0.2, -0.15) is 0 Å². The monoisotopic (exact) mass is 300 g/mol. The maximum Gasteiger partial charge on any atom is 0.270 e. The molecule has 116 valence electrons. The van der Waals surface area contributed by atoms with Crippen LogP contribution < -0.4 is 5.32 Å². The van der Waals surface area contributed by atoms with Gasteiger partial charge in [0.2, 0.25) is 0 Å². The molecule has 6 heteroatoms. The molecule has 0 aromatic carbocycles. The fourth-order valence-corrected chi connectivity index (χ4v) is 2.80. The molecule has 2 aromatic rings. The lowest BCUT2D eigenvalue weighted by Gasteiger charge is -2.16. The molecule has 0 bridgehead atoms. The third-order valence-corrected chi connectivity index (χ3v) is 4.07. The highest BCUT2D eigenvalue weighted by molar-refractivity contribution is 5.92. The minimum Gasteiger partial charge on any atom is -0.361 e. The Morgan fingerprint density at radius 2 is 2.32 bits per heavy atom. The summed E-state index contributed by atoms with van der Waals surface area (Å²) in [6, 6.07) is 5.51. The Kier molecular flexibility index (Phi) is 4.20. The largest absolute Gasteiger partial charge is 0.361 e. The molecule has 1 fully saturated rings. The van der Waals surface area contributed by atoms with E-state index in [-0.39, 0.29) is 11.9 Å².